The molecule has 1 saturated carbocycles. The Kier molecular flexibility index (Phi) is 11.6. The van der Waals surface area contributed by atoms with Crippen LogP contribution >= 0.6 is 24.0 Å². The van der Waals surface area contributed by atoms with Gasteiger partial charge in [0, 0.05) is 32.8 Å². The van der Waals surface area contributed by atoms with Crippen molar-refractivity contribution in [2.24, 2.45) is 16.8 Å². The van der Waals surface area contributed by atoms with Crippen LogP contribution in [0.1, 0.15) is 46.5 Å². The number of nitrogens with one attached hydrogen (secondary N) is 2. The maximum atomic E-state index is 5.55. The van der Waals surface area contributed by atoms with Crippen molar-refractivity contribution in [2.45, 2.75) is 52.5 Å². The lowest BCUT2D eigenvalue weighted by Crippen LogP contribution is -2.39. The largest absolute Gasteiger partial charge is 0.381 e. The second-order valence-corrected chi connectivity index (χ2v) is 5.86. The molecular formula is C15H32IN3O. The van der Waals surface area contributed by atoms with E-state index in [-0.39, 0.29) is 24.0 Å². The first-order valence-corrected chi connectivity index (χ1v) is 7.72. The molecule has 0 amide bonds. The fourth-order valence-electron chi connectivity index (χ4n) is 2.18. The van der Waals surface area contributed by atoms with E-state index in [1.165, 1.54) is 19.3 Å². The van der Waals surface area contributed by atoms with E-state index in [2.05, 4.69) is 36.4 Å². The summed E-state index contributed by atoms with van der Waals surface area (Å²) >= 11 is 0. The third-order valence-electron chi connectivity index (χ3n) is 3.34. The van der Waals surface area contributed by atoms with Gasteiger partial charge >= 0.3 is 0 Å². The molecule has 1 fully saturated rings. The topological polar surface area (TPSA) is 45.7 Å². The number of hydrogen-bond acceptors (Lipinski definition) is 2. The van der Waals surface area contributed by atoms with Gasteiger partial charge in [-0.25, -0.2) is 0 Å². The Hall–Kier alpha value is -0.0400. The number of rotatable bonds is 9. The SMILES string of the molecule is CCCC1CC1NC(=NC)NCCCOCC(C)C.I. The van der Waals surface area contributed by atoms with E-state index >= 15 is 0 Å². The summed E-state index contributed by atoms with van der Waals surface area (Å²) in [6.07, 6.45) is 4.93. The van der Waals surface area contributed by atoms with E-state index in [0.717, 1.165) is 38.1 Å². The monoisotopic (exact) mass is 397 g/mol. The minimum absolute atomic E-state index is 0. The van der Waals surface area contributed by atoms with Gasteiger partial charge in [-0.15, -0.1) is 24.0 Å². The van der Waals surface area contributed by atoms with Gasteiger partial charge in [0.25, 0.3) is 0 Å². The lowest BCUT2D eigenvalue weighted by molar-refractivity contribution is 0.108. The third kappa shape index (κ3) is 9.00. The standard InChI is InChI=1S/C15H31N3O.HI/c1-5-7-13-10-14(13)18-15(16-4)17-8-6-9-19-11-12(2)3;/h12-14H,5-11H2,1-4H3,(H2,16,17,18);1H. The Balaban J connectivity index is 0.00000361. The second kappa shape index (κ2) is 11.6. The van der Waals surface area contributed by atoms with Crippen molar-refractivity contribution in [2.75, 3.05) is 26.8 Å². The molecule has 0 bridgehead atoms. The van der Waals surface area contributed by atoms with E-state index in [9.17, 15) is 0 Å². The van der Waals surface area contributed by atoms with Crippen LogP contribution in [0.15, 0.2) is 4.99 Å². The van der Waals surface area contributed by atoms with Gasteiger partial charge in [-0.2, -0.15) is 0 Å². The van der Waals surface area contributed by atoms with Gasteiger partial charge in [-0.1, -0.05) is 27.2 Å². The summed E-state index contributed by atoms with van der Waals surface area (Å²) in [5.41, 5.74) is 0. The zero-order valence-corrected chi connectivity index (χ0v) is 15.8. The van der Waals surface area contributed by atoms with E-state index in [1.54, 1.807) is 0 Å². The average molecular weight is 397 g/mol. The highest BCUT2D eigenvalue weighted by Crippen LogP contribution is 2.34. The van der Waals surface area contributed by atoms with Crippen molar-refractivity contribution in [1.82, 2.24) is 10.6 Å². The molecule has 1 aliphatic rings. The molecule has 0 radical (unpaired) electrons. The summed E-state index contributed by atoms with van der Waals surface area (Å²) < 4.78 is 5.55. The van der Waals surface area contributed by atoms with E-state index in [0.29, 0.717) is 12.0 Å². The van der Waals surface area contributed by atoms with Crippen LogP contribution in [0, 0.1) is 11.8 Å². The lowest BCUT2D eigenvalue weighted by Gasteiger charge is -2.12. The Morgan fingerprint density at radius 2 is 2.15 bits per heavy atom. The molecule has 1 rings (SSSR count). The van der Waals surface area contributed by atoms with Crippen LogP contribution in [0.4, 0.5) is 0 Å². The van der Waals surface area contributed by atoms with Crippen LogP contribution in [0.3, 0.4) is 0 Å². The normalized spacial score (nSPS) is 21.6. The van der Waals surface area contributed by atoms with Crippen molar-refractivity contribution in [3.05, 3.63) is 0 Å². The zero-order valence-electron chi connectivity index (χ0n) is 13.4. The molecule has 0 aromatic rings. The molecule has 2 atom stereocenters. The average Bonchev–Trinajstić information content (AvgIpc) is 3.10. The smallest absolute Gasteiger partial charge is 0.191 e. The van der Waals surface area contributed by atoms with Crippen molar-refractivity contribution < 1.29 is 4.74 Å². The second-order valence-electron chi connectivity index (χ2n) is 5.86. The minimum Gasteiger partial charge on any atom is -0.381 e. The molecule has 1 aliphatic carbocycles. The number of aliphatic imine (C=N–C) groups is 1. The van der Waals surface area contributed by atoms with Gasteiger partial charge < -0.3 is 15.4 Å². The molecule has 4 nitrogen and oxygen atoms in total. The Morgan fingerprint density at radius 1 is 1.40 bits per heavy atom. The first-order valence-electron chi connectivity index (χ1n) is 7.72. The Labute approximate surface area is 141 Å². The lowest BCUT2D eigenvalue weighted by atomic mass is 10.2. The summed E-state index contributed by atoms with van der Waals surface area (Å²) in [5.74, 6) is 2.41. The van der Waals surface area contributed by atoms with Crippen LogP contribution in [-0.2, 0) is 4.74 Å². The van der Waals surface area contributed by atoms with Crippen LogP contribution in [0.5, 0.6) is 0 Å². The highest BCUT2D eigenvalue weighted by atomic mass is 127. The predicted octanol–water partition coefficient (Wildman–Crippen LogP) is 3.02. The number of nitrogens with zero attached hydrogens (tertiary/aromatic N) is 1. The summed E-state index contributed by atoms with van der Waals surface area (Å²) in [7, 11) is 1.84. The molecule has 0 spiro atoms. The maximum Gasteiger partial charge on any atom is 0.191 e. The highest BCUT2D eigenvalue weighted by molar-refractivity contribution is 14.0. The van der Waals surface area contributed by atoms with Gasteiger partial charge in [0.2, 0.25) is 0 Å². The van der Waals surface area contributed by atoms with E-state index in [1.807, 2.05) is 7.05 Å². The molecule has 2 N–H and O–H groups in total. The van der Waals surface area contributed by atoms with E-state index in [4.69, 9.17) is 4.74 Å². The van der Waals surface area contributed by atoms with Gasteiger partial charge in [0.15, 0.2) is 5.96 Å². The van der Waals surface area contributed by atoms with Crippen LogP contribution in [-0.4, -0.2) is 38.8 Å². The summed E-state index contributed by atoms with van der Waals surface area (Å²) in [5, 5.41) is 6.83. The molecule has 2 unspecified atom stereocenters. The van der Waals surface area contributed by atoms with Crippen molar-refractivity contribution in [3.8, 4) is 0 Å². The van der Waals surface area contributed by atoms with Crippen LogP contribution in [0.2, 0.25) is 0 Å². The minimum atomic E-state index is 0. The molecule has 0 heterocycles. The third-order valence-corrected chi connectivity index (χ3v) is 3.34. The van der Waals surface area contributed by atoms with Crippen LogP contribution in [0.25, 0.3) is 0 Å². The fourth-order valence-corrected chi connectivity index (χ4v) is 2.18. The number of ether oxygens (including phenoxy) is 1. The first kappa shape index (κ1) is 20.0. The zero-order chi connectivity index (χ0) is 14.1. The van der Waals surface area contributed by atoms with Gasteiger partial charge in [-0.3, -0.25) is 4.99 Å². The highest BCUT2D eigenvalue weighted by Gasteiger charge is 2.36. The quantitative estimate of drug-likeness (QED) is 0.272. The number of hydrogen-bond donors (Lipinski definition) is 2. The maximum absolute atomic E-state index is 5.55. The molecule has 5 heteroatoms. The molecule has 0 saturated heterocycles. The molecule has 20 heavy (non-hydrogen) atoms. The van der Waals surface area contributed by atoms with Gasteiger partial charge in [0.1, 0.15) is 0 Å². The van der Waals surface area contributed by atoms with Gasteiger partial charge in [0.05, 0.1) is 0 Å². The van der Waals surface area contributed by atoms with Gasteiger partial charge in [-0.05, 0) is 31.1 Å². The number of guanidine groups is 1. The van der Waals surface area contributed by atoms with Crippen LogP contribution < -0.4 is 10.6 Å². The fraction of sp³-hybridized carbons (Fsp3) is 0.933. The Morgan fingerprint density at radius 3 is 2.75 bits per heavy atom. The molecular weight excluding hydrogens is 365 g/mol. The number of halogens is 1. The first-order chi connectivity index (χ1) is 9.17. The summed E-state index contributed by atoms with van der Waals surface area (Å²) in [4.78, 5) is 4.26. The molecule has 120 valence electrons. The predicted molar refractivity (Wildman–Crippen MR) is 97.0 cm³/mol. The Bertz CT molecular complexity index is 272. The summed E-state index contributed by atoms with van der Waals surface area (Å²) in [6.45, 7) is 9.19. The van der Waals surface area contributed by atoms with Crippen molar-refractivity contribution in [3.63, 3.8) is 0 Å². The van der Waals surface area contributed by atoms with Crippen molar-refractivity contribution in [1.29, 1.82) is 0 Å². The molecule has 0 aliphatic heterocycles. The summed E-state index contributed by atoms with van der Waals surface area (Å²) in [6, 6.07) is 0.642. The van der Waals surface area contributed by atoms with E-state index < -0.39 is 0 Å². The molecule has 0 aromatic carbocycles. The molecule has 0 aromatic heterocycles. The van der Waals surface area contributed by atoms with Crippen molar-refractivity contribution >= 4 is 29.9 Å².